The standard InChI is InChI=1S/C11H14N4O4S/c1-3-12-20(18,19)11-13-9-7-8(15(16)17)5-6-10(9)14(11)4-2/h5-7,12H,3-4H2,1-2H3. The van der Waals surface area contributed by atoms with E-state index in [0.717, 1.165) is 0 Å². The predicted octanol–water partition coefficient (Wildman–Crippen LogP) is 1.26. The molecule has 8 nitrogen and oxygen atoms in total. The van der Waals surface area contributed by atoms with Crippen molar-refractivity contribution in [3.8, 4) is 0 Å². The number of nitro benzene ring substituents is 1. The molecule has 2 aromatic rings. The Morgan fingerprint density at radius 1 is 1.40 bits per heavy atom. The van der Waals surface area contributed by atoms with Crippen molar-refractivity contribution in [2.45, 2.75) is 25.5 Å². The Hall–Kier alpha value is -2.00. The Kier molecular flexibility index (Phi) is 3.73. The lowest BCUT2D eigenvalue weighted by atomic mass is 10.3. The lowest BCUT2D eigenvalue weighted by molar-refractivity contribution is -0.384. The highest BCUT2D eigenvalue weighted by Gasteiger charge is 2.23. The molecule has 0 saturated carbocycles. The summed E-state index contributed by atoms with van der Waals surface area (Å²) in [5.74, 6) is 0. The van der Waals surface area contributed by atoms with Gasteiger partial charge in [-0.05, 0) is 13.0 Å². The average molecular weight is 298 g/mol. The summed E-state index contributed by atoms with van der Waals surface area (Å²) >= 11 is 0. The van der Waals surface area contributed by atoms with Gasteiger partial charge in [0.2, 0.25) is 5.16 Å². The lowest BCUT2D eigenvalue weighted by Crippen LogP contribution is -2.26. The van der Waals surface area contributed by atoms with Crippen molar-refractivity contribution >= 4 is 26.7 Å². The minimum atomic E-state index is -3.72. The summed E-state index contributed by atoms with van der Waals surface area (Å²) < 4.78 is 28.0. The third-order valence-electron chi connectivity index (χ3n) is 2.80. The molecule has 20 heavy (non-hydrogen) atoms. The van der Waals surface area contributed by atoms with E-state index < -0.39 is 14.9 Å². The van der Waals surface area contributed by atoms with E-state index in [0.29, 0.717) is 12.1 Å². The minimum absolute atomic E-state index is 0.120. The maximum atomic E-state index is 12.1. The number of non-ortho nitro benzene ring substituents is 1. The molecule has 0 spiro atoms. The molecule has 0 unspecified atom stereocenters. The van der Waals surface area contributed by atoms with Crippen LogP contribution in [-0.4, -0.2) is 29.4 Å². The zero-order chi connectivity index (χ0) is 14.9. The molecule has 1 N–H and O–H groups in total. The van der Waals surface area contributed by atoms with Crippen LogP contribution in [0.3, 0.4) is 0 Å². The van der Waals surface area contributed by atoms with Gasteiger partial charge in [-0.3, -0.25) is 10.1 Å². The first-order valence-corrected chi connectivity index (χ1v) is 7.53. The Morgan fingerprint density at radius 3 is 2.65 bits per heavy atom. The van der Waals surface area contributed by atoms with Crippen LogP contribution >= 0.6 is 0 Å². The number of aromatic nitrogens is 2. The Bertz CT molecular complexity index is 766. The molecule has 0 aliphatic carbocycles. The van der Waals surface area contributed by atoms with E-state index in [2.05, 4.69) is 9.71 Å². The second-order valence-corrected chi connectivity index (χ2v) is 5.73. The van der Waals surface area contributed by atoms with Gasteiger partial charge < -0.3 is 4.57 Å². The molecule has 0 radical (unpaired) electrons. The Balaban J connectivity index is 2.71. The molecule has 0 atom stereocenters. The quantitative estimate of drug-likeness (QED) is 0.660. The Morgan fingerprint density at radius 2 is 2.10 bits per heavy atom. The van der Waals surface area contributed by atoms with Crippen molar-refractivity contribution in [3.63, 3.8) is 0 Å². The fourth-order valence-electron chi connectivity index (χ4n) is 1.97. The number of nitrogens with zero attached hydrogens (tertiary/aromatic N) is 3. The molecule has 0 amide bonds. The van der Waals surface area contributed by atoms with E-state index in [1.807, 2.05) is 0 Å². The zero-order valence-electron chi connectivity index (χ0n) is 11.0. The summed E-state index contributed by atoms with van der Waals surface area (Å²) in [5, 5.41) is 10.6. The molecule has 0 saturated heterocycles. The van der Waals surface area contributed by atoms with Crippen LogP contribution in [0.25, 0.3) is 11.0 Å². The fraction of sp³-hybridized carbons (Fsp3) is 0.364. The van der Waals surface area contributed by atoms with Gasteiger partial charge in [0.25, 0.3) is 15.7 Å². The van der Waals surface area contributed by atoms with E-state index in [1.54, 1.807) is 13.8 Å². The van der Waals surface area contributed by atoms with Crippen LogP contribution in [0.5, 0.6) is 0 Å². The van der Waals surface area contributed by atoms with E-state index >= 15 is 0 Å². The van der Waals surface area contributed by atoms with Crippen molar-refractivity contribution in [3.05, 3.63) is 28.3 Å². The monoisotopic (exact) mass is 298 g/mol. The first-order valence-electron chi connectivity index (χ1n) is 6.05. The number of hydrogen-bond donors (Lipinski definition) is 1. The van der Waals surface area contributed by atoms with Crippen LogP contribution < -0.4 is 4.72 Å². The number of fused-ring (bicyclic) bond motifs is 1. The molecule has 1 aromatic carbocycles. The topological polar surface area (TPSA) is 107 Å². The third kappa shape index (κ3) is 2.37. The number of nitrogens with one attached hydrogen (secondary N) is 1. The fourth-order valence-corrected chi connectivity index (χ4v) is 3.22. The zero-order valence-corrected chi connectivity index (χ0v) is 11.8. The van der Waals surface area contributed by atoms with Gasteiger partial charge in [-0.1, -0.05) is 6.92 Å². The third-order valence-corrected chi connectivity index (χ3v) is 4.26. The number of benzene rings is 1. The van der Waals surface area contributed by atoms with Gasteiger partial charge in [-0.25, -0.2) is 18.1 Å². The van der Waals surface area contributed by atoms with E-state index in [4.69, 9.17) is 0 Å². The molecule has 108 valence electrons. The van der Waals surface area contributed by atoms with Gasteiger partial charge in [0, 0.05) is 25.2 Å². The lowest BCUT2D eigenvalue weighted by Gasteiger charge is -2.06. The second-order valence-electron chi connectivity index (χ2n) is 4.07. The first-order chi connectivity index (χ1) is 9.40. The normalized spacial score (nSPS) is 11.9. The van der Waals surface area contributed by atoms with Crippen LogP contribution in [0.4, 0.5) is 5.69 Å². The van der Waals surface area contributed by atoms with Crippen molar-refractivity contribution in [1.29, 1.82) is 0 Å². The smallest absolute Gasteiger partial charge is 0.274 e. The summed E-state index contributed by atoms with van der Waals surface area (Å²) in [6.07, 6.45) is 0. The van der Waals surface area contributed by atoms with Gasteiger partial charge in [0.1, 0.15) is 0 Å². The molecular weight excluding hydrogens is 284 g/mol. The maximum absolute atomic E-state index is 12.1. The van der Waals surface area contributed by atoms with Crippen molar-refractivity contribution in [2.24, 2.45) is 0 Å². The summed E-state index contributed by atoms with van der Waals surface area (Å²) in [5.41, 5.74) is 0.720. The van der Waals surface area contributed by atoms with E-state index in [1.165, 1.54) is 22.8 Å². The SMILES string of the molecule is CCNS(=O)(=O)c1nc2cc([N+](=O)[O-])ccc2n1CC. The van der Waals surface area contributed by atoms with Crippen molar-refractivity contribution < 1.29 is 13.3 Å². The summed E-state index contributed by atoms with van der Waals surface area (Å²) in [7, 11) is -3.72. The number of hydrogen-bond acceptors (Lipinski definition) is 5. The number of sulfonamides is 1. The maximum Gasteiger partial charge on any atom is 0.274 e. The minimum Gasteiger partial charge on any atom is -0.314 e. The molecule has 0 fully saturated rings. The summed E-state index contributed by atoms with van der Waals surface area (Å²) in [6.45, 7) is 4.10. The number of rotatable bonds is 5. The molecule has 1 aromatic heterocycles. The van der Waals surface area contributed by atoms with Crippen LogP contribution in [0.15, 0.2) is 23.4 Å². The largest absolute Gasteiger partial charge is 0.314 e. The van der Waals surface area contributed by atoms with Gasteiger partial charge in [-0.15, -0.1) is 0 Å². The van der Waals surface area contributed by atoms with Gasteiger partial charge in [0.05, 0.1) is 16.0 Å². The molecular formula is C11H14N4O4S. The number of nitro groups is 1. The van der Waals surface area contributed by atoms with E-state index in [9.17, 15) is 18.5 Å². The van der Waals surface area contributed by atoms with Gasteiger partial charge in [-0.2, -0.15) is 0 Å². The van der Waals surface area contributed by atoms with Crippen LogP contribution in [0, 0.1) is 10.1 Å². The predicted molar refractivity (Wildman–Crippen MR) is 72.9 cm³/mol. The second kappa shape index (κ2) is 5.17. The highest BCUT2D eigenvalue weighted by Crippen LogP contribution is 2.23. The summed E-state index contributed by atoms with van der Waals surface area (Å²) in [6, 6.07) is 4.11. The first kappa shape index (κ1) is 14.4. The van der Waals surface area contributed by atoms with Crippen molar-refractivity contribution in [1.82, 2.24) is 14.3 Å². The van der Waals surface area contributed by atoms with Crippen LogP contribution in [0.1, 0.15) is 13.8 Å². The highest BCUT2D eigenvalue weighted by molar-refractivity contribution is 7.89. The van der Waals surface area contributed by atoms with Gasteiger partial charge >= 0.3 is 0 Å². The van der Waals surface area contributed by atoms with Crippen LogP contribution in [0.2, 0.25) is 0 Å². The number of imidazole rings is 1. The van der Waals surface area contributed by atoms with Gasteiger partial charge in [0.15, 0.2) is 0 Å². The molecule has 0 aliphatic heterocycles. The average Bonchev–Trinajstić information content (AvgIpc) is 2.76. The molecule has 1 heterocycles. The molecule has 2 rings (SSSR count). The summed E-state index contributed by atoms with van der Waals surface area (Å²) in [4.78, 5) is 14.2. The highest BCUT2D eigenvalue weighted by atomic mass is 32.2. The number of aryl methyl sites for hydroxylation is 1. The van der Waals surface area contributed by atoms with Crippen LogP contribution in [-0.2, 0) is 16.6 Å². The Labute approximate surface area is 115 Å². The molecule has 9 heteroatoms. The van der Waals surface area contributed by atoms with Crippen molar-refractivity contribution in [2.75, 3.05) is 6.54 Å². The molecule has 0 bridgehead atoms. The van der Waals surface area contributed by atoms with E-state index in [-0.39, 0.29) is 22.9 Å². The molecule has 0 aliphatic rings.